The Labute approximate surface area is 418 Å². The summed E-state index contributed by atoms with van der Waals surface area (Å²) in [4.78, 5) is 126. The maximum absolute atomic E-state index is 11.9. The lowest BCUT2D eigenvalue weighted by Crippen LogP contribution is -2.24. The fourth-order valence-electron chi connectivity index (χ4n) is 4.15. The summed E-state index contributed by atoms with van der Waals surface area (Å²) in [5, 5.41) is 7.62. The molecule has 0 saturated heterocycles. The van der Waals surface area contributed by atoms with Gasteiger partial charge in [0, 0.05) is 26.2 Å². The number of esters is 4. The molecule has 0 amide bonds. The molecule has 0 aliphatic heterocycles. The van der Waals surface area contributed by atoms with Crippen molar-refractivity contribution in [2.75, 3.05) is 13.7 Å². The first-order valence-corrected chi connectivity index (χ1v) is 23.1. The number of hydrogen-bond acceptors (Lipinski definition) is 16. The van der Waals surface area contributed by atoms with Gasteiger partial charge in [0.05, 0.1) is 38.5 Å². The van der Waals surface area contributed by atoms with Crippen LogP contribution < -0.4 is 0 Å². The first-order chi connectivity index (χ1) is 32.7. The molecular weight excluding hydrogens is 903 g/mol. The maximum Gasteiger partial charge on any atom is 0.317 e. The van der Waals surface area contributed by atoms with Crippen molar-refractivity contribution >= 4 is 70.1 Å². The van der Waals surface area contributed by atoms with Gasteiger partial charge in [-0.1, -0.05) is 102 Å². The van der Waals surface area contributed by atoms with E-state index in [-0.39, 0.29) is 71.9 Å². The van der Waals surface area contributed by atoms with Gasteiger partial charge in [0.15, 0.2) is 0 Å². The van der Waals surface area contributed by atoms with Gasteiger partial charge in [-0.2, -0.15) is 5.26 Å². The van der Waals surface area contributed by atoms with E-state index in [1.807, 2.05) is 89.2 Å². The second kappa shape index (κ2) is 56.7. The van der Waals surface area contributed by atoms with E-state index in [2.05, 4.69) is 14.2 Å². The van der Waals surface area contributed by atoms with Gasteiger partial charge in [-0.05, 0) is 92.7 Å². The van der Waals surface area contributed by atoms with Crippen LogP contribution in [0.15, 0.2) is 60.7 Å². The van der Waals surface area contributed by atoms with E-state index in [1.54, 1.807) is 19.1 Å². The average Bonchev–Trinajstić information content (AvgIpc) is 3.25. The summed E-state index contributed by atoms with van der Waals surface area (Å²) in [5.41, 5.74) is 1.89. The van der Waals surface area contributed by atoms with Crippen LogP contribution in [-0.4, -0.2) is 83.9 Å². The van der Waals surface area contributed by atoms with Gasteiger partial charge in [-0.25, -0.2) is 0 Å². The standard InChI is InChI=1S/C15H20O2.C10H10O3.C7H12O2.C6H10O3.C5H8O3.C3H5N.2C3H6O.C2H6/c1-3-4-10-15(17)14(12(2)16)11-13-8-6-5-7-9-13;1-8(11)13-10(12)7-9-5-3-2-4-6-9;1-3-4-7(9)5-6(2)8;1-3-9-6(8)4-5(2)7;1-4(6)3-5(7)8-2;1-2-3-4;2*1-3(2)4;1-2/h5-9,14H,3-4,10-11H2,1-2H3;2-6H,7H2,1H3;3-5H2,1-2H3;3-4H2,1-2H3;3H2,1-2H3;2H2,1H3;2*1-2H3;1-2H3. The number of carbonyl (C=O) groups is 12. The molecule has 2 aromatic carbocycles. The van der Waals surface area contributed by atoms with Crippen molar-refractivity contribution in [3.05, 3.63) is 71.8 Å². The maximum atomic E-state index is 11.9. The van der Waals surface area contributed by atoms with Gasteiger partial charge in [0.2, 0.25) is 0 Å². The highest BCUT2D eigenvalue weighted by Gasteiger charge is 2.22. The molecular formula is C54H83NO15. The third kappa shape index (κ3) is 75.7. The topological polar surface area (TPSA) is 256 Å². The van der Waals surface area contributed by atoms with Crippen molar-refractivity contribution in [3.63, 3.8) is 0 Å². The van der Waals surface area contributed by atoms with Crippen LogP contribution in [0, 0.1) is 17.2 Å². The normalized spacial score (nSPS) is 9.01. The summed E-state index contributed by atoms with van der Waals surface area (Å²) in [6, 6.07) is 20.8. The molecule has 0 radical (unpaired) electrons. The summed E-state index contributed by atoms with van der Waals surface area (Å²) < 4.78 is 13.1. The highest BCUT2D eigenvalue weighted by molar-refractivity contribution is 6.01. The molecule has 70 heavy (non-hydrogen) atoms. The average molecular weight is 986 g/mol. The lowest BCUT2D eigenvalue weighted by atomic mass is 9.89. The Kier molecular flexibility index (Phi) is 62.8. The zero-order valence-corrected chi connectivity index (χ0v) is 44.9. The van der Waals surface area contributed by atoms with Crippen LogP contribution in [0.4, 0.5) is 0 Å². The van der Waals surface area contributed by atoms with Gasteiger partial charge < -0.3 is 23.8 Å². The van der Waals surface area contributed by atoms with E-state index in [0.717, 1.165) is 30.4 Å². The van der Waals surface area contributed by atoms with Crippen LogP contribution in [0.2, 0.25) is 0 Å². The number of benzene rings is 2. The second-order valence-electron chi connectivity index (χ2n) is 14.7. The highest BCUT2D eigenvalue weighted by Crippen LogP contribution is 2.14. The van der Waals surface area contributed by atoms with Crippen LogP contribution in [0.5, 0.6) is 0 Å². The molecule has 16 nitrogen and oxygen atoms in total. The zero-order chi connectivity index (χ0) is 56.0. The van der Waals surface area contributed by atoms with E-state index in [1.165, 1.54) is 69.4 Å². The minimum Gasteiger partial charge on any atom is -0.469 e. The molecule has 394 valence electrons. The Morgan fingerprint density at radius 2 is 0.957 bits per heavy atom. The van der Waals surface area contributed by atoms with Gasteiger partial charge >= 0.3 is 23.9 Å². The lowest BCUT2D eigenvalue weighted by Gasteiger charge is -2.12. The minimum absolute atomic E-state index is 0.0186. The van der Waals surface area contributed by atoms with Crippen molar-refractivity contribution < 1.29 is 71.7 Å². The predicted octanol–water partition coefficient (Wildman–Crippen LogP) is 9.65. The smallest absolute Gasteiger partial charge is 0.317 e. The summed E-state index contributed by atoms with van der Waals surface area (Å²) in [6.45, 7) is 24.8. The molecule has 1 unspecified atom stereocenters. The van der Waals surface area contributed by atoms with Crippen LogP contribution in [0.3, 0.4) is 0 Å². The number of Topliss-reactive ketones (excluding diaryl/α,β-unsaturated/α-hetero) is 8. The number of rotatable bonds is 18. The molecule has 0 spiro atoms. The molecule has 0 N–H and O–H groups in total. The van der Waals surface area contributed by atoms with Crippen molar-refractivity contribution in [1.29, 1.82) is 5.26 Å². The fourth-order valence-corrected chi connectivity index (χ4v) is 4.15. The van der Waals surface area contributed by atoms with Gasteiger partial charge in [0.25, 0.3) is 0 Å². The number of nitriles is 1. The Balaban J connectivity index is -0.000000135. The number of carbonyl (C=O) groups excluding carboxylic acids is 12. The first kappa shape index (κ1) is 77.6. The predicted molar refractivity (Wildman–Crippen MR) is 270 cm³/mol. The van der Waals surface area contributed by atoms with E-state index >= 15 is 0 Å². The molecule has 0 aliphatic carbocycles. The van der Waals surface area contributed by atoms with E-state index in [0.29, 0.717) is 32.3 Å². The van der Waals surface area contributed by atoms with E-state index < -0.39 is 29.8 Å². The molecule has 1 atom stereocenters. The Morgan fingerprint density at radius 3 is 1.26 bits per heavy atom. The van der Waals surface area contributed by atoms with E-state index in [9.17, 15) is 57.5 Å². The number of hydrogen-bond donors (Lipinski definition) is 0. The Bertz CT molecular complexity index is 1780. The van der Waals surface area contributed by atoms with Crippen LogP contribution >= 0.6 is 0 Å². The van der Waals surface area contributed by atoms with Gasteiger partial charge in [-0.3, -0.25) is 47.9 Å². The summed E-state index contributed by atoms with van der Waals surface area (Å²) >= 11 is 0. The SMILES string of the molecule is CC.CC(=O)OC(=O)Cc1ccccc1.CC(C)=O.CC(C)=O.CCC#N.CCCC(=O)CC(C)=O.CCCCC(=O)C(Cc1ccccc1)C(C)=O.CCOC(=O)CC(C)=O.COC(=O)CC(C)=O. The van der Waals surface area contributed by atoms with Crippen LogP contribution in [-0.2, 0) is 84.6 Å². The summed E-state index contributed by atoms with van der Waals surface area (Å²) in [5.74, 6) is -2.35. The fraction of sp³-hybridized carbons (Fsp3) is 0.537. The summed E-state index contributed by atoms with van der Waals surface area (Å²) in [6.07, 6.45) is 4.97. The molecule has 2 aromatic rings. The van der Waals surface area contributed by atoms with Crippen molar-refractivity contribution in [3.8, 4) is 6.07 Å². The number of nitrogens with zero attached hydrogens (tertiary/aromatic N) is 1. The van der Waals surface area contributed by atoms with E-state index in [4.69, 9.17) is 5.26 Å². The molecule has 16 heteroatoms. The monoisotopic (exact) mass is 986 g/mol. The lowest BCUT2D eigenvalue weighted by molar-refractivity contribution is -0.158. The Hall–Kier alpha value is -6.63. The molecule has 0 saturated carbocycles. The molecule has 0 aliphatic rings. The van der Waals surface area contributed by atoms with Crippen LogP contribution in [0.25, 0.3) is 0 Å². The molecule has 0 fully saturated rings. The van der Waals surface area contributed by atoms with Gasteiger partial charge in [-0.15, -0.1) is 0 Å². The number of ketones is 8. The number of methoxy groups -OCH3 is 1. The van der Waals surface area contributed by atoms with Crippen LogP contribution in [0.1, 0.15) is 173 Å². The third-order valence-corrected chi connectivity index (χ3v) is 6.84. The zero-order valence-electron chi connectivity index (χ0n) is 44.9. The molecule has 0 aromatic heterocycles. The molecule has 0 bridgehead atoms. The third-order valence-electron chi connectivity index (χ3n) is 6.84. The Morgan fingerprint density at radius 1 is 0.557 bits per heavy atom. The number of unbranched alkanes of at least 4 members (excludes halogenated alkanes) is 1. The quantitative estimate of drug-likeness (QED) is 0.0765. The minimum atomic E-state index is -0.569. The van der Waals surface area contributed by atoms with Crippen molar-refractivity contribution in [2.45, 2.75) is 174 Å². The molecule has 0 heterocycles. The number of ether oxygens (including phenoxy) is 3. The van der Waals surface area contributed by atoms with Crippen molar-refractivity contribution in [1.82, 2.24) is 0 Å². The molecule has 2 rings (SSSR count). The summed E-state index contributed by atoms with van der Waals surface area (Å²) in [7, 11) is 1.26. The second-order valence-corrected chi connectivity index (χ2v) is 14.7. The van der Waals surface area contributed by atoms with Gasteiger partial charge in [0.1, 0.15) is 59.1 Å². The van der Waals surface area contributed by atoms with Crippen molar-refractivity contribution in [2.24, 2.45) is 5.92 Å². The first-order valence-electron chi connectivity index (χ1n) is 23.1. The largest absolute Gasteiger partial charge is 0.469 e. The highest BCUT2D eigenvalue weighted by atomic mass is 16.6.